The van der Waals surface area contributed by atoms with Crippen LogP contribution in [0.2, 0.25) is 0 Å². The van der Waals surface area contributed by atoms with E-state index < -0.39 is 0 Å². The highest BCUT2D eigenvalue weighted by Crippen LogP contribution is 2.23. The van der Waals surface area contributed by atoms with E-state index in [1.807, 2.05) is 36.4 Å². The van der Waals surface area contributed by atoms with E-state index in [4.69, 9.17) is 4.74 Å². The minimum absolute atomic E-state index is 0.0951. The maximum atomic E-state index is 11.3. The monoisotopic (exact) mass is 409 g/mol. The Bertz CT molecular complexity index is 716. The number of rotatable bonds is 12. The molecule has 0 fully saturated rings. The maximum Gasteiger partial charge on any atom is 0.159 e. The molecule has 2 rings (SSSR count). The Balaban J connectivity index is 0.000000553. The van der Waals surface area contributed by atoms with Crippen LogP contribution in [0.5, 0.6) is 5.75 Å². The molecule has 0 unspecified atom stereocenters. The number of carbonyl (C=O) groups is 1. The van der Waals surface area contributed by atoms with Crippen molar-refractivity contribution in [3.63, 3.8) is 0 Å². The Morgan fingerprint density at radius 2 is 1.50 bits per heavy atom. The lowest BCUT2D eigenvalue weighted by Gasteiger charge is -2.13. The number of unbranched alkanes of at least 4 members (excludes halogenated alkanes) is 2. The largest absolute Gasteiger partial charge is 0.494 e. The van der Waals surface area contributed by atoms with Gasteiger partial charge in [0.15, 0.2) is 5.78 Å². The second-order valence-corrected chi connectivity index (χ2v) is 7.63. The van der Waals surface area contributed by atoms with Gasteiger partial charge in [-0.05, 0) is 55.7 Å². The van der Waals surface area contributed by atoms with Crippen LogP contribution in [0.3, 0.4) is 0 Å². The number of benzene rings is 2. The molecule has 0 bridgehead atoms. The first kappa shape index (κ1) is 25.6. The average Bonchev–Trinajstić information content (AvgIpc) is 2.78. The van der Waals surface area contributed by atoms with E-state index in [1.54, 1.807) is 6.92 Å². The van der Waals surface area contributed by atoms with Crippen molar-refractivity contribution in [2.45, 2.75) is 66.2 Å². The van der Waals surface area contributed by atoms with Gasteiger partial charge < -0.3 is 9.73 Å². The van der Waals surface area contributed by atoms with Crippen molar-refractivity contribution in [3.8, 4) is 16.9 Å². The third kappa shape index (κ3) is 9.87. The maximum absolute atomic E-state index is 11.3. The third-order valence-electron chi connectivity index (χ3n) is 5.35. The van der Waals surface area contributed by atoms with E-state index in [0.29, 0.717) is 0 Å². The zero-order valence-electron chi connectivity index (χ0n) is 19.3. The van der Waals surface area contributed by atoms with Crippen molar-refractivity contribution < 1.29 is 9.53 Å². The summed E-state index contributed by atoms with van der Waals surface area (Å²) in [6.45, 7) is 13.3. The Morgan fingerprint density at radius 1 is 0.933 bits per heavy atom. The molecule has 3 nitrogen and oxygen atoms in total. The van der Waals surface area contributed by atoms with E-state index >= 15 is 0 Å². The highest BCUT2D eigenvalue weighted by atomic mass is 16.5. The minimum Gasteiger partial charge on any atom is -0.494 e. The Hall–Kier alpha value is -2.42. The van der Waals surface area contributed by atoms with E-state index in [0.717, 1.165) is 47.9 Å². The van der Waals surface area contributed by atoms with Crippen molar-refractivity contribution in [1.29, 1.82) is 0 Å². The Morgan fingerprint density at radius 3 is 1.97 bits per heavy atom. The lowest BCUT2D eigenvalue weighted by Crippen LogP contribution is -2.05. The quantitative estimate of drug-likeness (QED) is 0.205. The van der Waals surface area contributed by atoms with E-state index in [2.05, 4.69) is 44.6 Å². The molecule has 0 aromatic heterocycles. The summed E-state index contributed by atoms with van der Waals surface area (Å²) in [5, 5.41) is 0. The standard InChI is InChI=1S/C21H26O2.C6H13N/c1-4-17(5-2)14-15-23-21-12-10-20(11-13-21)19-8-6-18(7-9-19)16(3)22;1-3-4-5-6-7-2/h6-13,17H,4-5,14-15H2,1-3H3;2-6H2,1H3. The molecule has 0 radical (unpaired) electrons. The van der Waals surface area contributed by atoms with Gasteiger partial charge in [-0.1, -0.05) is 82.9 Å². The summed E-state index contributed by atoms with van der Waals surface area (Å²) in [6.07, 6.45) is 7.32. The molecule has 0 aliphatic carbocycles. The summed E-state index contributed by atoms with van der Waals surface area (Å²) in [5.41, 5.74) is 2.99. The fourth-order valence-corrected chi connectivity index (χ4v) is 3.15. The molecule has 0 amide bonds. The van der Waals surface area contributed by atoms with Gasteiger partial charge >= 0.3 is 0 Å². The summed E-state index contributed by atoms with van der Waals surface area (Å²) in [5.74, 6) is 1.77. The van der Waals surface area contributed by atoms with Crippen molar-refractivity contribution in [2.75, 3.05) is 13.2 Å². The number of ketones is 1. The summed E-state index contributed by atoms with van der Waals surface area (Å²) >= 11 is 0. The van der Waals surface area contributed by atoms with Gasteiger partial charge in [0.1, 0.15) is 5.75 Å². The second-order valence-electron chi connectivity index (χ2n) is 7.63. The normalized spacial score (nSPS) is 10.3. The van der Waals surface area contributed by atoms with Crippen molar-refractivity contribution in [3.05, 3.63) is 54.1 Å². The first-order valence-corrected chi connectivity index (χ1v) is 11.3. The zero-order chi connectivity index (χ0) is 22.2. The third-order valence-corrected chi connectivity index (χ3v) is 5.35. The van der Waals surface area contributed by atoms with Crippen LogP contribution >= 0.6 is 0 Å². The number of hydrogen-bond acceptors (Lipinski definition) is 3. The molecule has 2 aromatic carbocycles. The topological polar surface area (TPSA) is 38.7 Å². The van der Waals surface area contributed by atoms with Gasteiger partial charge in [-0.3, -0.25) is 4.79 Å². The van der Waals surface area contributed by atoms with Gasteiger partial charge in [-0.15, -0.1) is 0 Å². The molecule has 0 aliphatic rings. The predicted molar refractivity (Wildman–Crippen MR) is 130 cm³/mol. The number of carbonyl (C=O) groups excluding carboxylic acids is 1. The van der Waals surface area contributed by atoms with Crippen LogP contribution in [0.15, 0.2) is 53.5 Å². The number of nitrogens with zero attached hydrogens (tertiary/aromatic N) is 1. The summed E-state index contributed by atoms with van der Waals surface area (Å²) in [4.78, 5) is 15.0. The molecule has 30 heavy (non-hydrogen) atoms. The van der Waals surface area contributed by atoms with Gasteiger partial charge in [-0.2, -0.15) is 0 Å². The molecule has 0 N–H and O–H groups in total. The van der Waals surface area contributed by atoms with Crippen LogP contribution in [0.25, 0.3) is 11.1 Å². The molecule has 0 spiro atoms. The highest BCUT2D eigenvalue weighted by molar-refractivity contribution is 5.94. The molecular weight excluding hydrogens is 370 g/mol. The number of aliphatic imine (C=N–C) groups is 1. The van der Waals surface area contributed by atoms with Gasteiger partial charge in [0.2, 0.25) is 0 Å². The molecule has 164 valence electrons. The molecule has 3 heteroatoms. The van der Waals surface area contributed by atoms with E-state index in [-0.39, 0.29) is 5.78 Å². The van der Waals surface area contributed by atoms with Crippen LogP contribution in [0.4, 0.5) is 0 Å². The smallest absolute Gasteiger partial charge is 0.159 e. The summed E-state index contributed by atoms with van der Waals surface area (Å²) < 4.78 is 5.84. The number of hydrogen-bond donors (Lipinski definition) is 0. The molecule has 0 saturated heterocycles. The summed E-state index contributed by atoms with van der Waals surface area (Å²) in [6, 6.07) is 15.9. The first-order chi connectivity index (χ1) is 14.5. The van der Waals surface area contributed by atoms with Crippen LogP contribution in [0, 0.1) is 5.92 Å². The molecule has 0 atom stereocenters. The van der Waals surface area contributed by atoms with E-state index in [1.165, 1.54) is 32.1 Å². The van der Waals surface area contributed by atoms with Gasteiger partial charge in [0.25, 0.3) is 0 Å². The average molecular weight is 410 g/mol. The van der Waals surface area contributed by atoms with Gasteiger partial charge in [0.05, 0.1) is 6.61 Å². The van der Waals surface area contributed by atoms with Crippen LogP contribution < -0.4 is 4.74 Å². The van der Waals surface area contributed by atoms with Crippen molar-refractivity contribution in [2.24, 2.45) is 10.9 Å². The van der Waals surface area contributed by atoms with Gasteiger partial charge in [0, 0.05) is 12.1 Å². The summed E-state index contributed by atoms with van der Waals surface area (Å²) in [7, 11) is 0. The van der Waals surface area contributed by atoms with Crippen molar-refractivity contribution >= 4 is 12.5 Å². The highest BCUT2D eigenvalue weighted by Gasteiger charge is 2.04. The van der Waals surface area contributed by atoms with Crippen LogP contribution in [0.1, 0.15) is 76.6 Å². The number of ether oxygens (including phenoxy) is 1. The van der Waals surface area contributed by atoms with E-state index in [9.17, 15) is 4.79 Å². The lowest BCUT2D eigenvalue weighted by atomic mass is 10.0. The molecule has 2 aromatic rings. The molecule has 0 saturated carbocycles. The molecule has 0 aliphatic heterocycles. The van der Waals surface area contributed by atoms with Crippen LogP contribution in [-0.2, 0) is 0 Å². The first-order valence-electron chi connectivity index (χ1n) is 11.3. The van der Waals surface area contributed by atoms with Crippen molar-refractivity contribution in [1.82, 2.24) is 0 Å². The molecule has 0 heterocycles. The van der Waals surface area contributed by atoms with Gasteiger partial charge in [-0.25, -0.2) is 0 Å². The minimum atomic E-state index is 0.0951. The Kier molecular flexibility index (Phi) is 13.2. The number of Topliss-reactive ketones (excluding diaryl/α,β-unsaturated/α-hetero) is 1. The Labute approximate surface area is 183 Å². The fourth-order valence-electron chi connectivity index (χ4n) is 3.15. The zero-order valence-corrected chi connectivity index (χ0v) is 19.3. The fraction of sp³-hybridized carbons (Fsp3) is 0.481. The second kappa shape index (κ2) is 15.4. The molecular formula is C27H39NO2. The SMILES string of the molecule is C=NCCCCC.CCC(CC)CCOc1ccc(-c2ccc(C(C)=O)cc2)cc1. The lowest BCUT2D eigenvalue weighted by molar-refractivity contribution is 0.101. The predicted octanol–water partition coefficient (Wildman–Crippen LogP) is 7.64. The van der Waals surface area contributed by atoms with Crippen LogP contribution in [-0.4, -0.2) is 25.7 Å².